The molecule has 12 nitrogen and oxygen atoms in total. The highest BCUT2D eigenvalue weighted by Crippen LogP contribution is 2.07. The highest BCUT2D eigenvalue weighted by atomic mass is 16.2. The van der Waals surface area contributed by atoms with E-state index in [9.17, 15) is 24.0 Å². The number of carbonyl (C=O) groups excluding carboxylic acids is 5. The largest absolute Gasteiger partial charge is 0.342 e. The Morgan fingerprint density at radius 2 is 1.06 bits per heavy atom. The van der Waals surface area contributed by atoms with Gasteiger partial charge in [-0.15, -0.1) is 0 Å². The van der Waals surface area contributed by atoms with Gasteiger partial charge in [0.25, 0.3) is 0 Å². The Balaban J connectivity index is 4.54. The summed E-state index contributed by atoms with van der Waals surface area (Å²) in [7, 11) is 0. The van der Waals surface area contributed by atoms with Crippen LogP contribution in [0.2, 0.25) is 0 Å². The maximum atomic E-state index is 12.8. The molecule has 0 unspecified atom stereocenters. The molecule has 3 N–H and O–H groups in total. The van der Waals surface area contributed by atoms with Gasteiger partial charge in [-0.25, -0.2) is 49.7 Å². The molecule has 0 rings (SSSR count). The van der Waals surface area contributed by atoms with Crippen LogP contribution in [-0.2, 0) is 14.4 Å². The van der Waals surface area contributed by atoms with Gasteiger partial charge in [-0.2, -0.15) is 0 Å². The first-order valence-corrected chi connectivity index (χ1v) is 12.3. The molecule has 12 heteroatoms. The van der Waals surface area contributed by atoms with Crippen molar-refractivity contribution < 1.29 is 24.0 Å². The van der Waals surface area contributed by atoms with E-state index in [0.29, 0.717) is 45.6 Å². The van der Waals surface area contributed by atoms with Crippen molar-refractivity contribution in [1.29, 1.82) is 0 Å². The van der Waals surface area contributed by atoms with Crippen molar-refractivity contribution in [2.45, 2.75) is 77.0 Å². The second-order valence-corrected chi connectivity index (χ2v) is 8.02. The van der Waals surface area contributed by atoms with Crippen molar-refractivity contribution in [3.05, 3.63) is 0 Å². The lowest BCUT2D eigenvalue weighted by Crippen LogP contribution is -2.53. The van der Waals surface area contributed by atoms with Gasteiger partial charge in [-0.05, 0) is 38.5 Å². The number of hydrogen-bond donors (Lipinski definition) is 2. The Kier molecular flexibility index (Phi) is 21.8. The van der Waals surface area contributed by atoms with Gasteiger partial charge >= 0.3 is 12.1 Å². The first-order valence-electron chi connectivity index (χ1n) is 12.3. The van der Waals surface area contributed by atoms with Crippen molar-refractivity contribution in [2.24, 2.45) is 20.8 Å². The Labute approximate surface area is 207 Å². The van der Waals surface area contributed by atoms with Crippen molar-refractivity contribution >= 4 is 30.3 Å². The molecule has 0 spiro atoms. The zero-order valence-electron chi connectivity index (χ0n) is 20.6. The molecule has 0 aliphatic carbocycles. The first-order chi connectivity index (χ1) is 17.1. The van der Waals surface area contributed by atoms with Crippen molar-refractivity contribution in [3.63, 3.8) is 0 Å². The zero-order chi connectivity index (χ0) is 26.0. The molecule has 4 amide bonds. The molecule has 35 heavy (non-hydrogen) atoms. The average Bonchev–Trinajstić information content (AvgIpc) is 2.86. The third-order valence-corrected chi connectivity index (χ3v) is 5.21. The SMILES string of the molecule is NN(CCCCCCN=C=O)C(=O)N(CCCCCCN=C=O)C(=O)NCCCCCCN=C=O. The fraction of sp³-hybridized carbons (Fsp3) is 0.783. The Hall–Kier alpha value is -3.16. The molecule has 0 aromatic rings. The summed E-state index contributed by atoms with van der Waals surface area (Å²) >= 11 is 0. The number of nitrogens with zero attached hydrogens (tertiary/aromatic N) is 5. The summed E-state index contributed by atoms with van der Waals surface area (Å²) in [6.07, 6.45) is 13.9. The summed E-state index contributed by atoms with van der Waals surface area (Å²) in [6, 6.07) is -1.03. The predicted molar refractivity (Wildman–Crippen MR) is 131 cm³/mol. The Bertz CT molecular complexity index is 730. The molecule has 196 valence electrons. The summed E-state index contributed by atoms with van der Waals surface area (Å²) in [5, 5.41) is 3.85. The third kappa shape index (κ3) is 18.9. The van der Waals surface area contributed by atoms with Crippen LogP contribution >= 0.6 is 0 Å². The number of nitrogens with two attached hydrogens (primary N) is 1. The average molecular weight is 494 g/mol. The maximum absolute atomic E-state index is 12.8. The monoisotopic (exact) mass is 493 g/mol. The van der Waals surface area contributed by atoms with E-state index in [-0.39, 0.29) is 6.54 Å². The molecule has 0 aliphatic rings. The Morgan fingerprint density at radius 3 is 1.54 bits per heavy atom. The summed E-state index contributed by atoms with van der Waals surface area (Å²) < 4.78 is 0. The van der Waals surface area contributed by atoms with Gasteiger partial charge < -0.3 is 5.32 Å². The lowest BCUT2D eigenvalue weighted by atomic mass is 10.2. The minimum Gasteiger partial charge on any atom is -0.338 e. The number of isocyanates is 3. The fourth-order valence-corrected chi connectivity index (χ4v) is 3.27. The van der Waals surface area contributed by atoms with Gasteiger partial charge in [0.05, 0.1) is 19.6 Å². The van der Waals surface area contributed by atoms with Crippen LogP contribution in [0.25, 0.3) is 0 Å². The number of unbranched alkanes of at least 4 members (excludes halogenated alkanes) is 9. The lowest BCUT2D eigenvalue weighted by molar-refractivity contribution is 0.152. The summed E-state index contributed by atoms with van der Waals surface area (Å²) in [5.74, 6) is 5.95. The highest BCUT2D eigenvalue weighted by molar-refractivity contribution is 5.93. The second-order valence-electron chi connectivity index (χ2n) is 8.02. The number of rotatable bonds is 21. The van der Waals surface area contributed by atoms with Crippen LogP contribution in [0.4, 0.5) is 9.59 Å². The van der Waals surface area contributed by atoms with Gasteiger partial charge in [0.2, 0.25) is 18.2 Å². The van der Waals surface area contributed by atoms with E-state index in [0.717, 1.165) is 74.1 Å². The van der Waals surface area contributed by atoms with E-state index in [1.54, 1.807) is 0 Å². The van der Waals surface area contributed by atoms with Crippen LogP contribution in [0.1, 0.15) is 77.0 Å². The van der Waals surface area contributed by atoms with Gasteiger partial charge in [-0.3, -0.25) is 5.01 Å². The number of hydrazine groups is 1. The third-order valence-electron chi connectivity index (χ3n) is 5.21. The van der Waals surface area contributed by atoms with E-state index in [4.69, 9.17) is 5.84 Å². The summed E-state index contributed by atoms with van der Waals surface area (Å²) in [6.45, 7) is 2.30. The molecule has 0 fully saturated rings. The van der Waals surface area contributed by atoms with Crippen LogP contribution in [0.3, 0.4) is 0 Å². The minimum atomic E-state index is -0.551. The van der Waals surface area contributed by atoms with Gasteiger partial charge in [0.1, 0.15) is 0 Å². The van der Waals surface area contributed by atoms with E-state index < -0.39 is 12.1 Å². The molecular weight excluding hydrogens is 454 g/mol. The quantitative estimate of drug-likeness (QED) is 0.0622. The maximum Gasteiger partial charge on any atom is 0.342 e. The molecule has 0 aromatic heterocycles. The van der Waals surface area contributed by atoms with Crippen LogP contribution < -0.4 is 11.2 Å². The number of amides is 4. The number of hydrogen-bond acceptors (Lipinski definition) is 9. The molecule has 0 saturated heterocycles. The van der Waals surface area contributed by atoms with Crippen molar-refractivity contribution in [2.75, 3.05) is 39.3 Å². The number of urea groups is 2. The van der Waals surface area contributed by atoms with Crippen LogP contribution in [0.15, 0.2) is 15.0 Å². The van der Waals surface area contributed by atoms with Crippen molar-refractivity contribution in [3.8, 4) is 0 Å². The Morgan fingerprint density at radius 1 is 0.629 bits per heavy atom. The molecule has 0 saturated carbocycles. The summed E-state index contributed by atoms with van der Waals surface area (Å²) in [5.41, 5.74) is 0. The predicted octanol–water partition coefficient (Wildman–Crippen LogP) is 2.98. The molecular formula is C23H39N7O5. The van der Waals surface area contributed by atoms with Crippen LogP contribution in [0.5, 0.6) is 0 Å². The van der Waals surface area contributed by atoms with E-state index in [2.05, 4.69) is 20.3 Å². The molecule has 0 bridgehead atoms. The number of carbonyl (C=O) groups is 2. The standard InChI is InChI=1S/C23H39N7O5/c24-30(18-12-6-4-9-15-27-21-33)23(35)29(17-11-5-3-8-14-26-20-32)22(34)28-16-10-2-1-7-13-25-19-31/h1-18,24H2,(H,28,34). The van der Waals surface area contributed by atoms with Crippen molar-refractivity contribution in [1.82, 2.24) is 15.2 Å². The number of imide groups is 1. The van der Waals surface area contributed by atoms with E-state index in [1.165, 1.54) is 18.2 Å². The minimum absolute atomic E-state index is 0.239. The molecule has 0 atom stereocenters. The summed E-state index contributed by atoms with van der Waals surface area (Å²) in [4.78, 5) is 67.4. The second kappa shape index (κ2) is 24.0. The fourth-order valence-electron chi connectivity index (χ4n) is 3.27. The van der Waals surface area contributed by atoms with E-state index in [1.807, 2.05) is 0 Å². The molecule has 0 radical (unpaired) electrons. The number of nitrogens with one attached hydrogen (secondary N) is 1. The topological polar surface area (TPSA) is 167 Å². The molecule has 0 aromatic carbocycles. The zero-order valence-corrected chi connectivity index (χ0v) is 20.6. The van der Waals surface area contributed by atoms with Gasteiger partial charge in [0.15, 0.2) is 0 Å². The van der Waals surface area contributed by atoms with E-state index >= 15 is 0 Å². The van der Waals surface area contributed by atoms with Crippen LogP contribution in [-0.4, -0.2) is 79.5 Å². The van der Waals surface area contributed by atoms with Gasteiger partial charge in [-0.1, -0.05) is 38.5 Å². The van der Waals surface area contributed by atoms with Gasteiger partial charge in [0, 0.05) is 19.6 Å². The normalized spacial score (nSPS) is 9.86. The molecule has 0 heterocycles. The smallest absolute Gasteiger partial charge is 0.338 e. The lowest BCUT2D eigenvalue weighted by Gasteiger charge is -2.26. The van der Waals surface area contributed by atoms with Crippen LogP contribution in [0, 0.1) is 0 Å². The highest BCUT2D eigenvalue weighted by Gasteiger charge is 2.24. The first kappa shape index (κ1) is 31.8. The number of aliphatic imine (C=N–C) groups is 3. The molecule has 0 aliphatic heterocycles.